The predicted molar refractivity (Wildman–Crippen MR) is 64.9 cm³/mol. The van der Waals surface area contributed by atoms with E-state index in [9.17, 15) is 27.1 Å². The molecule has 0 bridgehead atoms. The fraction of sp³-hybridized carbons (Fsp3) is 0.692. The van der Waals surface area contributed by atoms with Gasteiger partial charge >= 0.3 is 6.18 Å². The first-order valence-electron chi connectivity index (χ1n) is 6.70. The lowest BCUT2D eigenvalue weighted by molar-refractivity contribution is -0.150. The molecule has 1 aliphatic carbocycles. The molecule has 2 rings (SSSR count). The van der Waals surface area contributed by atoms with Crippen LogP contribution in [0.3, 0.4) is 0 Å². The summed E-state index contributed by atoms with van der Waals surface area (Å²) in [5.41, 5.74) is -2.34. The van der Waals surface area contributed by atoms with Crippen LogP contribution >= 0.6 is 0 Å². The van der Waals surface area contributed by atoms with Crippen molar-refractivity contribution in [1.82, 2.24) is 9.78 Å². The Kier molecular flexibility index (Phi) is 4.17. The van der Waals surface area contributed by atoms with Gasteiger partial charge in [-0.25, -0.2) is 8.78 Å². The Morgan fingerprint density at radius 1 is 1.50 bits per heavy atom. The van der Waals surface area contributed by atoms with Crippen molar-refractivity contribution in [3.8, 4) is 6.07 Å². The average molecular weight is 323 g/mol. The summed E-state index contributed by atoms with van der Waals surface area (Å²) in [5, 5.41) is 21.7. The molecule has 0 unspecified atom stereocenters. The van der Waals surface area contributed by atoms with E-state index in [1.165, 1.54) is 0 Å². The maximum absolute atomic E-state index is 13.5. The zero-order valence-electron chi connectivity index (χ0n) is 11.7. The second-order valence-electron chi connectivity index (χ2n) is 5.41. The number of aliphatic hydroxyl groups excluding tert-OH is 1. The number of hydrogen-bond donors (Lipinski definition) is 1. The van der Waals surface area contributed by atoms with E-state index in [1.807, 2.05) is 6.07 Å². The van der Waals surface area contributed by atoms with Crippen molar-refractivity contribution in [2.75, 3.05) is 0 Å². The zero-order chi connectivity index (χ0) is 16.7. The Morgan fingerprint density at radius 2 is 2.14 bits per heavy atom. The highest BCUT2D eigenvalue weighted by Crippen LogP contribution is 2.46. The van der Waals surface area contributed by atoms with Crippen molar-refractivity contribution < 1.29 is 27.1 Å². The third-order valence-electron chi connectivity index (χ3n) is 3.73. The van der Waals surface area contributed by atoms with Gasteiger partial charge in [0.05, 0.1) is 6.07 Å². The normalized spacial score (nSPS) is 22.0. The van der Waals surface area contributed by atoms with Crippen molar-refractivity contribution in [2.24, 2.45) is 5.92 Å². The van der Waals surface area contributed by atoms with E-state index >= 15 is 0 Å². The van der Waals surface area contributed by atoms with E-state index in [2.05, 4.69) is 5.10 Å². The Morgan fingerprint density at radius 3 is 2.68 bits per heavy atom. The van der Waals surface area contributed by atoms with Crippen molar-refractivity contribution in [3.63, 3.8) is 0 Å². The Balaban J connectivity index is 2.45. The van der Waals surface area contributed by atoms with Gasteiger partial charge in [-0.1, -0.05) is 0 Å². The number of halogens is 5. The first-order chi connectivity index (χ1) is 10.1. The molecule has 0 radical (unpaired) electrons. The number of nitriles is 1. The second kappa shape index (κ2) is 5.50. The van der Waals surface area contributed by atoms with Gasteiger partial charge in [-0.2, -0.15) is 23.5 Å². The molecule has 22 heavy (non-hydrogen) atoms. The Labute approximate surface area is 123 Å². The van der Waals surface area contributed by atoms with E-state index in [0.717, 1.165) is 4.68 Å². The summed E-state index contributed by atoms with van der Waals surface area (Å²) in [6.07, 6.45) is -8.24. The van der Waals surface area contributed by atoms with Crippen LogP contribution in [0.15, 0.2) is 0 Å². The van der Waals surface area contributed by atoms with Crippen molar-refractivity contribution in [2.45, 2.75) is 50.9 Å². The van der Waals surface area contributed by atoms with E-state index in [-0.39, 0.29) is 25.1 Å². The minimum absolute atomic E-state index is 0.00539. The summed E-state index contributed by atoms with van der Waals surface area (Å²) in [6.45, 7) is 1.61. The van der Waals surface area contributed by atoms with Crippen LogP contribution in [0.25, 0.3) is 0 Å². The standard InChI is InChI=1S/C13H14F5N3O/c1-7(6-19)3-5-21-8-2-4-12(14,15)11(22)9(8)10(20-21)13(16,17)18/h7,11,22H,2-5H2,1H3/t7-,11-/m0/s1. The fourth-order valence-electron chi connectivity index (χ4n) is 2.47. The summed E-state index contributed by atoms with van der Waals surface area (Å²) in [5.74, 6) is -4.01. The maximum Gasteiger partial charge on any atom is 0.435 e. The van der Waals surface area contributed by atoms with Gasteiger partial charge < -0.3 is 5.11 Å². The molecule has 0 spiro atoms. The van der Waals surface area contributed by atoms with Crippen LogP contribution in [-0.4, -0.2) is 20.8 Å². The molecule has 1 aliphatic rings. The summed E-state index contributed by atoms with van der Waals surface area (Å²) in [4.78, 5) is 0. The molecule has 0 aromatic carbocycles. The SMILES string of the molecule is C[C@H](C#N)CCn1nc(C(F)(F)F)c2c1CCC(F)(F)[C@H]2O. The highest BCUT2D eigenvalue weighted by molar-refractivity contribution is 5.35. The van der Waals surface area contributed by atoms with Crippen LogP contribution in [0.2, 0.25) is 0 Å². The van der Waals surface area contributed by atoms with Crippen LogP contribution < -0.4 is 0 Å². The lowest BCUT2D eigenvalue weighted by atomic mass is 9.89. The van der Waals surface area contributed by atoms with Crippen molar-refractivity contribution >= 4 is 0 Å². The minimum Gasteiger partial charge on any atom is -0.382 e. The third-order valence-corrected chi connectivity index (χ3v) is 3.73. The summed E-state index contributed by atoms with van der Waals surface area (Å²) >= 11 is 0. The molecule has 9 heteroatoms. The number of fused-ring (bicyclic) bond motifs is 1. The molecule has 1 aromatic rings. The molecule has 0 saturated heterocycles. The van der Waals surface area contributed by atoms with E-state index in [4.69, 9.17) is 5.26 Å². The van der Waals surface area contributed by atoms with Crippen LogP contribution in [0, 0.1) is 17.2 Å². The quantitative estimate of drug-likeness (QED) is 0.870. The summed E-state index contributed by atoms with van der Waals surface area (Å²) in [7, 11) is 0. The lowest BCUT2D eigenvalue weighted by Gasteiger charge is -2.28. The van der Waals surface area contributed by atoms with E-state index in [1.54, 1.807) is 6.92 Å². The summed E-state index contributed by atoms with van der Waals surface area (Å²) in [6, 6.07) is 1.94. The van der Waals surface area contributed by atoms with Crippen LogP contribution in [0.1, 0.15) is 42.8 Å². The largest absolute Gasteiger partial charge is 0.435 e. The number of aryl methyl sites for hydroxylation is 1. The van der Waals surface area contributed by atoms with E-state index in [0.29, 0.717) is 0 Å². The van der Waals surface area contributed by atoms with Crippen molar-refractivity contribution in [3.05, 3.63) is 17.0 Å². The highest BCUT2D eigenvalue weighted by atomic mass is 19.4. The second-order valence-corrected chi connectivity index (χ2v) is 5.41. The molecule has 1 heterocycles. The smallest absolute Gasteiger partial charge is 0.382 e. The number of rotatable bonds is 3. The molecular weight excluding hydrogens is 309 g/mol. The maximum atomic E-state index is 13.5. The molecule has 122 valence electrons. The molecule has 4 nitrogen and oxygen atoms in total. The van der Waals surface area contributed by atoms with Crippen LogP contribution in [0.4, 0.5) is 22.0 Å². The predicted octanol–water partition coefficient (Wildman–Crippen LogP) is 3.07. The molecule has 0 amide bonds. The number of hydrogen-bond acceptors (Lipinski definition) is 3. The summed E-state index contributed by atoms with van der Waals surface area (Å²) < 4.78 is 67.0. The fourth-order valence-corrected chi connectivity index (χ4v) is 2.47. The van der Waals surface area contributed by atoms with Gasteiger partial charge in [-0.15, -0.1) is 0 Å². The molecular formula is C13H14F5N3O. The molecule has 1 N–H and O–H groups in total. The highest BCUT2D eigenvalue weighted by Gasteiger charge is 2.51. The monoisotopic (exact) mass is 323 g/mol. The van der Waals surface area contributed by atoms with E-state index < -0.39 is 41.8 Å². The van der Waals surface area contributed by atoms with Gasteiger partial charge in [0.25, 0.3) is 5.92 Å². The first-order valence-corrected chi connectivity index (χ1v) is 6.70. The average Bonchev–Trinajstić information content (AvgIpc) is 2.79. The van der Waals surface area contributed by atoms with Gasteiger partial charge in [0.15, 0.2) is 5.69 Å². The zero-order valence-corrected chi connectivity index (χ0v) is 11.7. The minimum atomic E-state index is -4.93. The number of nitrogens with zero attached hydrogens (tertiary/aromatic N) is 3. The third kappa shape index (κ3) is 2.92. The topological polar surface area (TPSA) is 61.8 Å². The van der Waals surface area contributed by atoms with Crippen molar-refractivity contribution in [1.29, 1.82) is 5.26 Å². The van der Waals surface area contributed by atoms with Gasteiger partial charge in [0, 0.05) is 30.1 Å². The molecule has 0 aliphatic heterocycles. The van der Waals surface area contributed by atoms with Gasteiger partial charge in [0.2, 0.25) is 0 Å². The van der Waals surface area contributed by atoms with Gasteiger partial charge in [0.1, 0.15) is 6.10 Å². The lowest BCUT2D eigenvalue weighted by Crippen LogP contribution is -2.33. The van der Waals surface area contributed by atoms with Gasteiger partial charge in [-0.05, 0) is 19.8 Å². The van der Waals surface area contributed by atoms with Crippen LogP contribution in [0.5, 0.6) is 0 Å². The van der Waals surface area contributed by atoms with Crippen LogP contribution in [-0.2, 0) is 19.1 Å². The molecule has 0 saturated carbocycles. The van der Waals surface area contributed by atoms with Gasteiger partial charge in [-0.3, -0.25) is 4.68 Å². The Bertz CT molecular complexity index is 602. The molecule has 1 aromatic heterocycles. The first kappa shape index (κ1) is 16.7. The number of aliphatic hydroxyl groups is 1. The number of alkyl halides is 5. The molecule has 0 fully saturated rings. The molecule has 2 atom stereocenters. The number of aromatic nitrogens is 2. The Hall–Kier alpha value is -1.69.